The Morgan fingerprint density at radius 3 is 2.28 bits per heavy atom. The number of hydrogen-bond donors (Lipinski definition) is 1. The first-order chi connectivity index (χ1) is 15.7. The fourth-order valence-electron chi connectivity index (χ4n) is 3.38. The lowest BCUT2D eigenvalue weighted by atomic mass is 10.0. The van der Waals surface area contributed by atoms with Gasteiger partial charge in [0.05, 0.1) is 5.25 Å². The molecule has 0 saturated heterocycles. The zero-order chi connectivity index (χ0) is 22.3. The third-order valence-corrected chi connectivity index (χ3v) is 6.06. The average molecular weight is 441 g/mol. The first-order valence-electron chi connectivity index (χ1n) is 10.4. The minimum atomic E-state index is -0.366. The van der Waals surface area contributed by atoms with Crippen LogP contribution in [-0.4, -0.2) is 25.9 Å². The summed E-state index contributed by atoms with van der Waals surface area (Å²) >= 11 is 1.38. The number of allylic oxidation sites excluding steroid dienone is 1. The first kappa shape index (κ1) is 21.6. The van der Waals surface area contributed by atoms with Crippen LogP contribution in [0, 0.1) is 0 Å². The molecule has 160 valence electrons. The van der Waals surface area contributed by atoms with E-state index in [0.717, 1.165) is 28.2 Å². The second-order valence-electron chi connectivity index (χ2n) is 7.23. The number of anilines is 1. The number of thioether (sulfide) groups is 1. The van der Waals surface area contributed by atoms with Crippen molar-refractivity contribution in [3.05, 3.63) is 97.6 Å². The standard InChI is InChI=1S/C26H24N4OS/c1-3-18-30-24(21-14-8-5-9-15-21)28-29-26(30)32-19(2)25(31)27-23-17-11-10-16-22(23)20-12-6-4-7-13-20/h3-17,19H,1,18H2,2H3,(H,27,31). The smallest absolute Gasteiger partial charge is 0.237 e. The van der Waals surface area contributed by atoms with Crippen LogP contribution in [0.3, 0.4) is 0 Å². The normalized spacial score (nSPS) is 11.7. The highest BCUT2D eigenvalue weighted by molar-refractivity contribution is 8.00. The van der Waals surface area contributed by atoms with E-state index in [1.54, 1.807) is 6.08 Å². The Bertz CT molecular complexity index is 1210. The molecule has 0 spiro atoms. The predicted octanol–water partition coefficient (Wildman–Crippen LogP) is 5.92. The van der Waals surface area contributed by atoms with Gasteiger partial charge in [0.2, 0.25) is 5.91 Å². The molecular formula is C26H24N4OS. The number of nitrogens with zero attached hydrogens (tertiary/aromatic N) is 3. The van der Waals surface area contributed by atoms with E-state index < -0.39 is 0 Å². The highest BCUT2D eigenvalue weighted by atomic mass is 32.2. The van der Waals surface area contributed by atoms with Gasteiger partial charge in [0, 0.05) is 23.4 Å². The number of nitrogens with one attached hydrogen (secondary N) is 1. The number of carbonyl (C=O) groups is 1. The van der Waals surface area contributed by atoms with Gasteiger partial charge in [-0.15, -0.1) is 16.8 Å². The number of carbonyl (C=O) groups excluding carboxylic acids is 1. The molecule has 1 aromatic heterocycles. The van der Waals surface area contributed by atoms with E-state index in [2.05, 4.69) is 22.1 Å². The molecule has 3 aromatic carbocycles. The topological polar surface area (TPSA) is 59.8 Å². The predicted molar refractivity (Wildman–Crippen MR) is 131 cm³/mol. The van der Waals surface area contributed by atoms with E-state index in [4.69, 9.17) is 0 Å². The molecule has 0 aliphatic carbocycles. The molecular weight excluding hydrogens is 416 g/mol. The van der Waals surface area contributed by atoms with Gasteiger partial charge in [0.25, 0.3) is 0 Å². The maximum atomic E-state index is 13.0. The monoisotopic (exact) mass is 440 g/mol. The van der Waals surface area contributed by atoms with Gasteiger partial charge in [-0.3, -0.25) is 9.36 Å². The van der Waals surface area contributed by atoms with Crippen molar-refractivity contribution in [2.75, 3.05) is 5.32 Å². The van der Waals surface area contributed by atoms with Crippen LogP contribution in [-0.2, 0) is 11.3 Å². The molecule has 5 nitrogen and oxygen atoms in total. The van der Waals surface area contributed by atoms with Crippen molar-refractivity contribution >= 4 is 23.4 Å². The molecule has 6 heteroatoms. The maximum Gasteiger partial charge on any atom is 0.237 e. The van der Waals surface area contributed by atoms with Crippen LogP contribution in [0.2, 0.25) is 0 Å². The Morgan fingerprint density at radius 1 is 0.969 bits per heavy atom. The summed E-state index contributed by atoms with van der Waals surface area (Å²) in [6.07, 6.45) is 1.81. The molecule has 1 heterocycles. The summed E-state index contributed by atoms with van der Waals surface area (Å²) in [6.45, 7) is 6.29. The second kappa shape index (κ2) is 10.1. The van der Waals surface area contributed by atoms with Crippen LogP contribution < -0.4 is 5.32 Å². The summed E-state index contributed by atoms with van der Waals surface area (Å²) in [5, 5.41) is 12.1. The van der Waals surface area contributed by atoms with E-state index >= 15 is 0 Å². The van der Waals surface area contributed by atoms with Gasteiger partial charge in [-0.1, -0.05) is 96.7 Å². The second-order valence-corrected chi connectivity index (χ2v) is 8.54. The molecule has 1 atom stereocenters. The molecule has 0 aliphatic rings. The van der Waals surface area contributed by atoms with Gasteiger partial charge in [-0.05, 0) is 18.6 Å². The number of aromatic nitrogens is 3. The van der Waals surface area contributed by atoms with E-state index in [1.165, 1.54) is 11.8 Å². The van der Waals surface area contributed by atoms with Crippen molar-refractivity contribution in [1.29, 1.82) is 0 Å². The Kier molecular flexibility index (Phi) is 6.82. The van der Waals surface area contributed by atoms with Crippen LogP contribution in [0.25, 0.3) is 22.5 Å². The lowest BCUT2D eigenvalue weighted by Crippen LogP contribution is -2.23. The number of hydrogen-bond acceptors (Lipinski definition) is 4. The summed E-state index contributed by atoms with van der Waals surface area (Å²) < 4.78 is 1.98. The largest absolute Gasteiger partial charge is 0.325 e. The van der Waals surface area contributed by atoms with Gasteiger partial charge in [0.15, 0.2) is 11.0 Å². The number of para-hydroxylation sites is 1. The molecule has 0 fully saturated rings. The average Bonchev–Trinajstić information content (AvgIpc) is 3.23. The summed E-state index contributed by atoms with van der Waals surface area (Å²) in [7, 11) is 0. The fraction of sp³-hybridized carbons (Fsp3) is 0.115. The van der Waals surface area contributed by atoms with Gasteiger partial charge < -0.3 is 5.32 Å². The molecule has 1 amide bonds. The number of rotatable bonds is 8. The van der Waals surface area contributed by atoms with Gasteiger partial charge in [-0.25, -0.2) is 0 Å². The van der Waals surface area contributed by atoms with Crippen molar-refractivity contribution in [3.63, 3.8) is 0 Å². The highest BCUT2D eigenvalue weighted by Crippen LogP contribution is 2.30. The molecule has 1 unspecified atom stereocenters. The van der Waals surface area contributed by atoms with Crippen molar-refractivity contribution in [3.8, 4) is 22.5 Å². The quantitative estimate of drug-likeness (QED) is 0.273. The van der Waals surface area contributed by atoms with Crippen LogP contribution in [0.4, 0.5) is 5.69 Å². The molecule has 4 rings (SSSR count). The van der Waals surface area contributed by atoms with Gasteiger partial charge >= 0.3 is 0 Å². The van der Waals surface area contributed by atoms with Gasteiger partial charge in [0.1, 0.15) is 0 Å². The number of amides is 1. The molecule has 0 radical (unpaired) electrons. The Labute approximate surface area is 192 Å². The van der Waals surface area contributed by atoms with E-state index in [-0.39, 0.29) is 11.2 Å². The maximum absolute atomic E-state index is 13.0. The van der Waals surface area contributed by atoms with E-state index in [1.807, 2.05) is 96.4 Å². The molecule has 0 saturated carbocycles. The van der Waals surface area contributed by atoms with E-state index in [9.17, 15) is 4.79 Å². The Morgan fingerprint density at radius 2 is 1.59 bits per heavy atom. The molecule has 0 aliphatic heterocycles. The zero-order valence-corrected chi connectivity index (χ0v) is 18.6. The number of benzene rings is 3. The summed E-state index contributed by atoms with van der Waals surface area (Å²) in [6, 6.07) is 27.7. The molecule has 1 N–H and O–H groups in total. The summed E-state index contributed by atoms with van der Waals surface area (Å²) in [5.74, 6) is 0.669. The molecule has 4 aromatic rings. The molecule has 32 heavy (non-hydrogen) atoms. The third kappa shape index (κ3) is 4.81. The van der Waals surface area contributed by atoms with Crippen molar-refractivity contribution in [1.82, 2.24) is 14.8 Å². The minimum Gasteiger partial charge on any atom is -0.325 e. The van der Waals surface area contributed by atoms with Crippen LogP contribution in [0.5, 0.6) is 0 Å². The summed E-state index contributed by atoms with van der Waals surface area (Å²) in [5.41, 5.74) is 3.80. The zero-order valence-electron chi connectivity index (χ0n) is 17.8. The summed E-state index contributed by atoms with van der Waals surface area (Å²) in [4.78, 5) is 13.0. The lowest BCUT2D eigenvalue weighted by molar-refractivity contribution is -0.115. The fourth-order valence-corrected chi connectivity index (χ4v) is 4.24. The first-order valence-corrected chi connectivity index (χ1v) is 11.3. The van der Waals surface area contributed by atoms with Crippen molar-refractivity contribution < 1.29 is 4.79 Å². The van der Waals surface area contributed by atoms with Crippen molar-refractivity contribution in [2.24, 2.45) is 0 Å². The third-order valence-electron chi connectivity index (χ3n) is 4.98. The van der Waals surface area contributed by atoms with Crippen molar-refractivity contribution in [2.45, 2.75) is 23.9 Å². The Hall–Kier alpha value is -3.64. The lowest BCUT2D eigenvalue weighted by Gasteiger charge is -2.15. The van der Waals surface area contributed by atoms with Gasteiger partial charge in [-0.2, -0.15) is 0 Å². The van der Waals surface area contributed by atoms with Crippen LogP contribution >= 0.6 is 11.8 Å². The Balaban J connectivity index is 1.53. The highest BCUT2D eigenvalue weighted by Gasteiger charge is 2.21. The minimum absolute atomic E-state index is 0.0900. The van der Waals surface area contributed by atoms with E-state index in [0.29, 0.717) is 11.7 Å². The van der Waals surface area contributed by atoms with Crippen LogP contribution in [0.15, 0.2) is 103 Å². The molecule has 0 bridgehead atoms. The van der Waals surface area contributed by atoms with Crippen LogP contribution in [0.1, 0.15) is 6.92 Å². The SMILES string of the molecule is C=CCn1c(SC(C)C(=O)Nc2ccccc2-c2ccccc2)nnc1-c1ccccc1.